The van der Waals surface area contributed by atoms with Gasteiger partial charge in [0, 0.05) is 18.0 Å². The SMILES string of the molecule is CC(C)(C)N=Cc1cc(C(=O)NC(CS)C(=O)O)nnn1. The minimum atomic E-state index is -1.17. The first-order chi connectivity index (χ1) is 9.73. The second-order valence-electron chi connectivity index (χ2n) is 5.22. The predicted octanol–water partition coefficient (Wildman–Crippen LogP) is 0.202. The van der Waals surface area contributed by atoms with Gasteiger partial charge < -0.3 is 10.4 Å². The Bertz CT molecular complexity index is 556. The molecule has 0 aliphatic rings. The Morgan fingerprint density at radius 2 is 2.14 bits per heavy atom. The molecule has 1 atom stereocenters. The topological polar surface area (TPSA) is 117 Å². The van der Waals surface area contributed by atoms with E-state index >= 15 is 0 Å². The minimum absolute atomic E-state index is 0.0298. The highest BCUT2D eigenvalue weighted by Crippen LogP contribution is 2.06. The fraction of sp³-hybridized carbons (Fsp3) is 0.500. The molecule has 2 N–H and O–H groups in total. The van der Waals surface area contributed by atoms with Gasteiger partial charge in [-0.1, -0.05) is 0 Å². The van der Waals surface area contributed by atoms with Crippen molar-refractivity contribution >= 4 is 30.7 Å². The summed E-state index contributed by atoms with van der Waals surface area (Å²) in [4.78, 5) is 27.0. The van der Waals surface area contributed by atoms with E-state index in [1.54, 1.807) is 0 Å². The number of hydrogen-bond acceptors (Lipinski definition) is 7. The van der Waals surface area contributed by atoms with Crippen LogP contribution in [0.5, 0.6) is 0 Å². The van der Waals surface area contributed by atoms with Gasteiger partial charge in [-0.15, -0.1) is 10.2 Å². The summed E-state index contributed by atoms with van der Waals surface area (Å²) in [5.41, 5.74) is 0.0459. The Labute approximate surface area is 127 Å². The Morgan fingerprint density at radius 3 is 2.67 bits per heavy atom. The number of aromatic nitrogens is 3. The molecule has 8 nitrogen and oxygen atoms in total. The van der Waals surface area contributed by atoms with Gasteiger partial charge in [-0.25, -0.2) is 4.79 Å². The number of carbonyl (C=O) groups excluding carboxylic acids is 1. The second-order valence-corrected chi connectivity index (χ2v) is 5.58. The monoisotopic (exact) mass is 311 g/mol. The molecule has 0 fully saturated rings. The predicted molar refractivity (Wildman–Crippen MR) is 79.9 cm³/mol. The van der Waals surface area contributed by atoms with Gasteiger partial charge in [0.05, 0.1) is 5.54 Å². The molecule has 114 valence electrons. The summed E-state index contributed by atoms with van der Waals surface area (Å²) in [5, 5.41) is 21.9. The zero-order valence-electron chi connectivity index (χ0n) is 11.9. The molecule has 1 amide bonds. The minimum Gasteiger partial charge on any atom is -0.480 e. The molecule has 0 saturated carbocycles. The third-order valence-electron chi connectivity index (χ3n) is 2.20. The Kier molecular flexibility index (Phi) is 5.77. The van der Waals surface area contributed by atoms with Crippen molar-refractivity contribution < 1.29 is 14.7 Å². The molecule has 9 heteroatoms. The van der Waals surface area contributed by atoms with E-state index in [-0.39, 0.29) is 17.0 Å². The Hall–Kier alpha value is -2.03. The van der Waals surface area contributed by atoms with Crippen LogP contribution < -0.4 is 5.32 Å². The zero-order chi connectivity index (χ0) is 16.0. The van der Waals surface area contributed by atoms with Gasteiger partial charge in [-0.05, 0) is 26.0 Å². The van der Waals surface area contributed by atoms with Crippen LogP contribution in [0.3, 0.4) is 0 Å². The standard InChI is InChI=1S/C12H17N5O3S/c1-12(2,3)13-5-7-4-8(16-17-15-7)10(18)14-9(6-21)11(19)20/h4-5,9,21H,6H2,1-3H3,(H,14,18)(H,19,20). The maximum Gasteiger partial charge on any atom is 0.327 e. The van der Waals surface area contributed by atoms with Crippen LogP contribution in [0.2, 0.25) is 0 Å². The molecule has 1 unspecified atom stereocenters. The molecular formula is C12H17N5O3S. The van der Waals surface area contributed by atoms with E-state index in [2.05, 4.69) is 38.3 Å². The molecule has 1 aromatic rings. The van der Waals surface area contributed by atoms with Gasteiger partial charge in [-0.2, -0.15) is 12.6 Å². The smallest absolute Gasteiger partial charge is 0.327 e. The second kappa shape index (κ2) is 7.11. The van der Waals surface area contributed by atoms with Crippen molar-refractivity contribution in [1.29, 1.82) is 0 Å². The number of carboxylic acid groups (broad SMARTS) is 1. The van der Waals surface area contributed by atoms with Crippen LogP contribution >= 0.6 is 12.6 Å². The number of nitrogens with zero attached hydrogens (tertiary/aromatic N) is 4. The first kappa shape index (κ1) is 17.0. The highest BCUT2D eigenvalue weighted by atomic mass is 32.1. The van der Waals surface area contributed by atoms with Crippen LogP contribution in [0.25, 0.3) is 0 Å². The number of nitrogens with one attached hydrogen (secondary N) is 1. The fourth-order valence-electron chi connectivity index (χ4n) is 1.17. The third kappa shape index (κ3) is 5.86. The lowest BCUT2D eigenvalue weighted by Gasteiger charge is -2.11. The average Bonchev–Trinajstić information content (AvgIpc) is 2.41. The molecule has 0 aliphatic carbocycles. The van der Waals surface area contributed by atoms with Gasteiger partial charge in [0.2, 0.25) is 0 Å². The van der Waals surface area contributed by atoms with Gasteiger partial charge in [0.25, 0.3) is 5.91 Å². The first-order valence-corrected chi connectivity index (χ1v) is 6.76. The van der Waals surface area contributed by atoms with Crippen LogP contribution in [-0.2, 0) is 4.79 Å². The molecule has 0 spiro atoms. The number of carboxylic acids is 1. The van der Waals surface area contributed by atoms with Gasteiger partial charge in [-0.3, -0.25) is 9.79 Å². The number of thiol groups is 1. The molecule has 1 rings (SSSR count). The van der Waals surface area contributed by atoms with Crippen molar-refractivity contribution in [3.8, 4) is 0 Å². The summed E-state index contributed by atoms with van der Waals surface area (Å²) in [5.74, 6) is -1.86. The Balaban J connectivity index is 2.87. The fourth-order valence-corrected chi connectivity index (χ4v) is 1.42. The summed E-state index contributed by atoms with van der Waals surface area (Å²) < 4.78 is 0. The van der Waals surface area contributed by atoms with E-state index in [1.807, 2.05) is 20.8 Å². The van der Waals surface area contributed by atoms with Crippen molar-refractivity contribution in [2.45, 2.75) is 32.4 Å². The number of aliphatic imine (C=N–C) groups is 1. The van der Waals surface area contributed by atoms with Crippen molar-refractivity contribution in [1.82, 2.24) is 20.7 Å². The number of hydrogen-bond donors (Lipinski definition) is 3. The molecule has 1 heterocycles. The highest BCUT2D eigenvalue weighted by molar-refractivity contribution is 7.80. The average molecular weight is 311 g/mol. The summed E-state index contributed by atoms with van der Waals surface area (Å²) in [6.07, 6.45) is 1.48. The van der Waals surface area contributed by atoms with Crippen molar-refractivity contribution in [3.05, 3.63) is 17.5 Å². The molecule has 0 saturated heterocycles. The maximum absolute atomic E-state index is 11.9. The molecule has 0 bridgehead atoms. The quantitative estimate of drug-likeness (QED) is 0.528. The van der Waals surface area contributed by atoms with E-state index < -0.39 is 17.9 Å². The van der Waals surface area contributed by atoms with E-state index in [0.29, 0.717) is 5.69 Å². The normalized spacial score (nSPS) is 13.1. The number of aliphatic carboxylic acids is 1. The largest absolute Gasteiger partial charge is 0.480 e. The lowest BCUT2D eigenvalue weighted by Crippen LogP contribution is -2.42. The number of carbonyl (C=O) groups is 2. The van der Waals surface area contributed by atoms with Crippen LogP contribution in [-0.4, -0.2) is 55.9 Å². The van der Waals surface area contributed by atoms with Crippen molar-refractivity contribution in [2.75, 3.05) is 5.75 Å². The van der Waals surface area contributed by atoms with Crippen molar-refractivity contribution in [3.63, 3.8) is 0 Å². The summed E-state index contributed by atoms with van der Waals surface area (Å²) in [6, 6.07) is 0.289. The van der Waals surface area contributed by atoms with Gasteiger partial charge >= 0.3 is 5.97 Å². The molecular weight excluding hydrogens is 294 g/mol. The lowest BCUT2D eigenvalue weighted by atomic mass is 10.1. The molecule has 21 heavy (non-hydrogen) atoms. The molecule has 1 aromatic heterocycles. The van der Waals surface area contributed by atoms with Crippen LogP contribution in [0, 0.1) is 0 Å². The number of amides is 1. The van der Waals surface area contributed by atoms with E-state index in [0.717, 1.165) is 0 Å². The van der Waals surface area contributed by atoms with E-state index in [9.17, 15) is 9.59 Å². The summed E-state index contributed by atoms with van der Waals surface area (Å²) >= 11 is 3.86. The van der Waals surface area contributed by atoms with E-state index in [4.69, 9.17) is 5.11 Å². The lowest BCUT2D eigenvalue weighted by molar-refractivity contribution is -0.138. The van der Waals surface area contributed by atoms with Crippen LogP contribution in [0.1, 0.15) is 37.0 Å². The molecule has 0 aromatic carbocycles. The maximum atomic E-state index is 11.9. The first-order valence-electron chi connectivity index (χ1n) is 6.13. The van der Waals surface area contributed by atoms with Gasteiger partial charge in [0.15, 0.2) is 5.69 Å². The highest BCUT2D eigenvalue weighted by Gasteiger charge is 2.20. The Morgan fingerprint density at radius 1 is 1.48 bits per heavy atom. The van der Waals surface area contributed by atoms with Crippen LogP contribution in [0.4, 0.5) is 0 Å². The van der Waals surface area contributed by atoms with E-state index in [1.165, 1.54) is 12.3 Å². The number of rotatable bonds is 5. The van der Waals surface area contributed by atoms with Gasteiger partial charge in [0.1, 0.15) is 11.7 Å². The summed E-state index contributed by atoms with van der Waals surface area (Å²) in [6.45, 7) is 5.74. The zero-order valence-corrected chi connectivity index (χ0v) is 12.8. The van der Waals surface area contributed by atoms with Crippen molar-refractivity contribution in [2.24, 2.45) is 4.99 Å². The molecule has 0 aliphatic heterocycles. The van der Waals surface area contributed by atoms with Crippen LogP contribution in [0.15, 0.2) is 11.1 Å². The molecule has 0 radical (unpaired) electrons. The summed E-state index contributed by atoms with van der Waals surface area (Å²) in [7, 11) is 0. The third-order valence-corrected chi connectivity index (χ3v) is 2.57.